The lowest BCUT2D eigenvalue weighted by molar-refractivity contribution is 0.0862. The van der Waals surface area contributed by atoms with Gasteiger partial charge in [0, 0.05) is 50.3 Å². The molecule has 8 heteroatoms. The first-order chi connectivity index (χ1) is 12.5. The van der Waals surface area contributed by atoms with Gasteiger partial charge in [0.1, 0.15) is 12.4 Å². The Kier molecular flexibility index (Phi) is 5.75. The number of rotatable bonds is 8. The Morgan fingerprint density at radius 3 is 2.77 bits per heavy atom. The summed E-state index contributed by atoms with van der Waals surface area (Å²) in [7, 11) is -1.54. The van der Waals surface area contributed by atoms with Crippen molar-refractivity contribution in [3.8, 4) is 17.0 Å². The number of ether oxygens (including phenoxy) is 1. The molecule has 3 aromatic heterocycles. The van der Waals surface area contributed by atoms with Crippen LogP contribution in [0.5, 0.6) is 5.88 Å². The van der Waals surface area contributed by atoms with Gasteiger partial charge in [0.25, 0.3) is 0 Å². The van der Waals surface area contributed by atoms with Gasteiger partial charge in [0.15, 0.2) is 5.88 Å². The van der Waals surface area contributed by atoms with Crippen molar-refractivity contribution in [2.75, 3.05) is 6.61 Å². The van der Waals surface area contributed by atoms with Crippen molar-refractivity contribution in [3.63, 3.8) is 0 Å². The van der Waals surface area contributed by atoms with Crippen molar-refractivity contribution in [2.24, 2.45) is 0 Å². The molecular formula is C18H24BN3O3Si. The predicted molar refractivity (Wildman–Crippen MR) is 107 cm³/mol. The molecule has 136 valence electrons. The maximum Gasteiger partial charge on any atom is 0.505 e. The topological polar surface area (TPSA) is 69.4 Å². The third-order valence-corrected chi connectivity index (χ3v) is 5.86. The standard InChI is InChI=1S/C18H24BN3O3Si/c1-26(2,3)10-9-24-13-22-17(25-19-23)11-16-15(6-8-21-18(16)22)14-5-4-7-20-12-14/h4-8,11-12,19,23H,9-10,13H2,1-3H3. The molecule has 0 atom stereocenters. The summed E-state index contributed by atoms with van der Waals surface area (Å²) >= 11 is 0. The molecule has 0 fully saturated rings. The predicted octanol–water partition coefficient (Wildman–Crippen LogP) is 3.05. The molecule has 0 aliphatic rings. The molecule has 0 saturated heterocycles. The molecule has 0 amide bonds. The normalized spacial score (nSPS) is 11.7. The van der Waals surface area contributed by atoms with E-state index in [2.05, 4.69) is 29.6 Å². The minimum atomic E-state index is -1.14. The summed E-state index contributed by atoms with van der Waals surface area (Å²) < 4.78 is 13.1. The Morgan fingerprint density at radius 2 is 2.08 bits per heavy atom. The molecule has 0 bridgehead atoms. The smallest absolute Gasteiger partial charge is 0.505 e. The summed E-state index contributed by atoms with van der Waals surface area (Å²) in [5, 5.41) is 10.2. The van der Waals surface area contributed by atoms with E-state index in [4.69, 9.17) is 9.39 Å². The zero-order chi connectivity index (χ0) is 18.6. The average molecular weight is 369 g/mol. The molecule has 0 aromatic carbocycles. The van der Waals surface area contributed by atoms with Crippen LogP contribution < -0.4 is 4.65 Å². The highest BCUT2D eigenvalue weighted by atomic mass is 28.3. The van der Waals surface area contributed by atoms with E-state index in [9.17, 15) is 5.02 Å². The van der Waals surface area contributed by atoms with E-state index < -0.39 is 15.8 Å². The maximum absolute atomic E-state index is 9.23. The van der Waals surface area contributed by atoms with Crippen molar-refractivity contribution in [2.45, 2.75) is 32.4 Å². The Hall–Kier alpha value is -2.16. The van der Waals surface area contributed by atoms with Crippen molar-refractivity contribution >= 4 is 26.8 Å². The summed E-state index contributed by atoms with van der Waals surface area (Å²) in [5.41, 5.74) is 2.79. The quantitative estimate of drug-likeness (QED) is 0.488. The van der Waals surface area contributed by atoms with E-state index in [0.717, 1.165) is 28.2 Å². The number of nitrogens with zero attached hydrogens (tertiary/aromatic N) is 3. The van der Waals surface area contributed by atoms with Gasteiger partial charge in [-0.25, -0.2) is 4.98 Å². The molecule has 3 rings (SSSR count). The molecule has 26 heavy (non-hydrogen) atoms. The molecule has 0 unspecified atom stereocenters. The summed E-state index contributed by atoms with van der Waals surface area (Å²) in [6.07, 6.45) is 5.34. The van der Waals surface area contributed by atoms with Gasteiger partial charge in [-0.3, -0.25) is 9.55 Å². The Balaban J connectivity index is 1.93. The summed E-state index contributed by atoms with van der Waals surface area (Å²) in [5.74, 6) is 0.541. The molecule has 3 aromatic rings. The van der Waals surface area contributed by atoms with Crippen molar-refractivity contribution in [1.82, 2.24) is 14.5 Å². The highest BCUT2D eigenvalue weighted by Gasteiger charge is 2.16. The lowest BCUT2D eigenvalue weighted by Crippen LogP contribution is -2.22. The van der Waals surface area contributed by atoms with Crippen LogP contribution in [-0.4, -0.2) is 41.9 Å². The number of aromatic nitrogens is 3. The zero-order valence-electron chi connectivity index (χ0n) is 15.5. The van der Waals surface area contributed by atoms with Gasteiger partial charge in [-0.15, -0.1) is 0 Å². The third kappa shape index (κ3) is 4.32. The largest absolute Gasteiger partial charge is 0.526 e. The van der Waals surface area contributed by atoms with Crippen LogP contribution in [0.2, 0.25) is 25.7 Å². The lowest BCUT2D eigenvalue weighted by atomic mass is 10.1. The van der Waals surface area contributed by atoms with E-state index in [1.807, 2.05) is 35.0 Å². The molecule has 3 heterocycles. The molecular weight excluding hydrogens is 345 g/mol. The molecule has 0 aliphatic heterocycles. The van der Waals surface area contributed by atoms with Gasteiger partial charge < -0.3 is 14.4 Å². The van der Waals surface area contributed by atoms with Crippen molar-refractivity contribution < 1.29 is 14.4 Å². The first kappa shape index (κ1) is 18.6. The van der Waals surface area contributed by atoms with Crippen LogP contribution in [0.3, 0.4) is 0 Å². The Morgan fingerprint density at radius 1 is 1.23 bits per heavy atom. The second-order valence-corrected chi connectivity index (χ2v) is 13.0. The SMILES string of the molecule is C[Si](C)(C)CCOCn1c(OBO)cc2c(-c3cccnc3)ccnc21. The molecule has 0 saturated carbocycles. The summed E-state index contributed by atoms with van der Waals surface area (Å²) in [4.78, 5) is 8.71. The highest BCUT2D eigenvalue weighted by molar-refractivity contribution is 6.76. The van der Waals surface area contributed by atoms with E-state index in [1.165, 1.54) is 0 Å². The number of hydrogen-bond donors (Lipinski definition) is 1. The van der Waals surface area contributed by atoms with Crippen molar-refractivity contribution in [3.05, 3.63) is 42.9 Å². The molecule has 1 N–H and O–H groups in total. The monoisotopic (exact) mass is 369 g/mol. The van der Waals surface area contributed by atoms with Gasteiger partial charge in [0.05, 0.1) is 0 Å². The fraction of sp³-hybridized carbons (Fsp3) is 0.333. The van der Waals surface area contributed by atoms with Crippen LogP contribution in [0.25, 0.3) is 22.2 Å². The van der Waals surface area contributed by atoms with Crippen LogP contribution >= 0.6 is 0 Å². The van der Waals surface area contributed by atoms with Crippen molar-refractivity contribution in [1.29, 1.82) is 0 Å². The summed E-state index contributed by atoms with van der Waals surface area (Å²) in [6.45, 7) is 8.01. The third-order valence-electron chi connectivity index (χ3n) is 4.16. The van der Waals surface area contributed by atoms with Crippen LogP contribution in [0.4, 0.5) is 0 Å². The maximum atomic E-state index is 9.23. The molecule has 0 radical (unpaired) electrons. The average Bonchev–Trinajstić information content (AvgIpc) is 2.96. The van der Waals surface area contributed by atoms with Crippen LogP contribution in [0, 0.1) is 0 Å². The Bertz CT molecular complexity index is 865. The fourth-order valence-corrected chi connectivity index (χ4v) is 3.50. The fourth-order valence-electron chi connectivity index (χ4n) is 2.74. The number of hydrogen-bond acceptors (Lipinski definition) is 5. The number of fused-ring (bicyclic) bond motifs is 1. The zero-order valence-corrected chi connectivity index (χ0v) is 16.5. The number of pyridine rings is 2. The van der Waals surface area contributed by atoms with E-state index in [0.29, 0.717) is 19.2 Å². The van der Waals surface area contributed by atoms with Crippen LogP contribution in [0.1, 0.15) is 0 Å². The second-order valence-electron chi connectivity index (χ2n) is 7.37. The minimum absolute atomic E-state index is 0.340. The minimum Gasteiger partial charge on any atom is -0.526 e. The van der Waals surface area contributed by atoms with E-state index >= 15 is 0 Å². The summed E-state index contributed by atoms with van der Waals surface area (Å²) in [6, 6.07) is 8.86. The molecule has 0 aliphatic carbocycles. The first-order valence-electron chi connectivity index (χ1n) is 8.69. The van der Waals surface area contributed by atoms with Gasteiger partial charge >= 0.3 is 7.69 Å². The second kappa shape index (κ2) is 8.03. The van der Waals surface area contributed by atoms with Crippen LogP contribution in [0.15, 0.2) is 42.9 Å². The lowest BCUT2D eigenvalue weighted by Gasteiger charge is -2.16. The molecule has 6 nitrogen and oxygen atoms in total. The molecule has 0 spiro atoms. The van der Waals surface area contributed by atoms with E-state index in [-0.39, 0.29) is 0 Å². The Labute approximate surface area is 155 Å². The van der Waals surface area contributed by atoms with Gasteiger partial charge in [0.2, 0.25) is 0 Å². The first-order valence-corrected chi connectivity index (χ1v) is 12.4. The van der Waals surface area contributed by atoms with E-state index in [1.54, 1.807) is 12.4 Å². The van der Waals surface area contributed by atoms with Crippen LogP contribution in [-0.2, 0) is 11.5 Å². The van der Waals surface area contributed by atoms with Gasteiger partial charge in [-0.05, 0) is 23.7 Å². The highest BCUT2D eigenvalue weighted by Crippen LogP contribution is 2.32. The van der Waals surface area contributed by atoms with Gasteiger partial charge in [-0.2, -0.15) is 0 Å². The van der Waals surface area contributed by atoms with Gasteiger partial charge in [-0.1, -0.05) is 25.7 Å².